The van der Waals surface area contributed by atoms with Crippen LogP contribution >= 0.6 is 0 Å². The zero-order chi connectivity index (χ0) is 14.9. The van der Waals surface area contributed by atoms with E-state index in [2.05, 4.69) is 43.4 Å². The third kappa shape index (κ3) is 16.7. The smallest absolute Gasteiger partial charge is 0.303 e. The number of carboxylic acids is 1. The average Bonchev–Trinajstić information content (AvgIpc) is 2.43. The molecule has 0 saturated carbocycles. The molecule has 0 aliphatic carbocycles. The van der Waals surface area contributed by atoms with Crippen molar-refractivity contribution in [2.45, 2.75) is 71.1 Å². The van der Waals surface area contributed by atoms with E-state index in [4.69, 9.17) is 5.11 Å². The van der Waals surface area contributed by atoms with Gasteiger partial charge in [0, 0.05) is 6.42 Å². The van der Waals surface area contributed by atoms with Crippen molar-refractivity contribution in [3.05, 3.63) is 36.5 Å². The summed E-state index contributed by atoms with van der Waals surface area (Å²) in [4.78, 5) is 10.3. The Kier molecular flexibility index (Phi) is 14.7. The average molecular weight is 278 g/mol. The highest BCUT2D eigenvalue weighted by Gasteiger charge is 1.95. The summed E-state index contributed by atoms with van der Waals surface area (Å²) in [5, 5.41) is 8.50. The summed E-state index contributed by atoms with van der Waals surface area (Å²) in [5.41, 5.74) is 0. The molecule has 0 aliphatic heterocycles. The fourth-order valence-corrected chi connectivity index (χ4v) is 1.87. The van der Waals surface area contributed by atoms with Gasteiger partial charge in [-0.05, 0) is 25.7 Å². The summed E-state index contributed by atoms with van der Waals surface area (Å²) in [6.45, 7) is 2.21. The molecule has 0 fully saturated rings. The van der Waals surface area contributed by atoms with Crippen LogP contribution < -0.4 is 0 Å². The molecule has 2 heteroatoms. The molecule has 0 atom stereocenters. The van der Waals surface area contributed by atoms with Crippen molar-refractivity contribution in [3.63, 3.8) is 0 Å². The van der Waals surface area contributed by atoms with E-state index >= 15 is 0 Å². The SMILES string of the molecule is CCCCC=C/C=C/C=C/CCCCCCCC(=O)O. The van der Waals surface area contributed by atoms with Crippen LogP contribution in [0.15, 0.2) is 36.5 Å². The van der Waals surface area contributed by atoms with Gasteiger partial charge in [-0.25, -0.2) is 0 Å². The Balaban J connectivity index is 3.29. The van der Waals surface area contributed by atoms with Crippen LogP contribution in [-0.4, -0.2) is 11.1 Å². The van der Waals surface area contributed by atoms with Gasteiger partial charge in [0.25, 0.3) is 0 Å². The summed E-state index contributed by atoms with van der Waals surface area (Å²) < 4.78 is 0. The molecule has 2 nitrogen and oxygen atoms in total. The number of rotatable bonds is 13. The molecular formula is C18H30O2. The molecule has 0 aromatic heterocycles. The summed E-state index contributed by atoms with van der Waals surface area (Å²) in [5.74, 6) is -0.677. The van der Waals surface area contributed by atoms with E-state index in [-0.39, 0.29) is 0 Å². The minimum atomic E-state index is -0.677. The summed E-state index contributed by atoms with van der Waals surface area (Å²) in [6.07, 6.45) is 23.3. The molecule has 1 N–H and O–H groups in total. The first kappa shape index (κ1) is 18.7. The zero-order valence-corrected chi connectivity index (χ0v) is 12.9. The number of aliphatic carboxylic acids is 1. The summed E-state index contributed by atoms with van der Waals surface area (Å²) in [6, 6.07) is 0. The Labute approximate surface area is 124 Å². The van der Waals surface area contributed by atoms with E-state index in [0.717, 1.165) is 25.7 Å². The van der Waals surface area contributed by atoms with E-state index in [1.807, 2.05) is 0 Å². The fraction of sp³-hybridized carbons (Fsp3) is 0.611. The highest BCUT2D eigenvalue weighted by molar-refractivity contribution is 5.66. The third-order valence-electron chi connectivity index (χ3n) is 3.09. The lowest BCUT2D eigenvalue weighted by molar-refractivity contribution is -0.137. The maximum absolute atomic E-state index is 10.3. The molecule has 0 aromatic rings. The largest absolute Gasteiger partial charge is 0.481 e. The lowest BCUT2D eigenvalue weighted by Crippen LogP contribution is -1.93. The Morgan fingerprint density at radius 1 is 0.800 bits per heavy atom. The van der Waals surface area contributed by atoms with Crippen molar-refractivity contribution in [1.82, 2.24) is 0 Å². The first-order valence-electron chi connectivity index (χ1n) is 7.97. The molecule has 0 aromatic carbocycles. The van der Waals surface area contributed by atoms with Gasteiger partial charge >= 0.3 is 5.97 Å². The van der Waals surface area contributed by atoms with Crippen LogP contribution in [0.2, 0.25) is 0 Å². The lowest BCUT2D eigenvalue weighted by Gasteiger charge is -1.97. The summed E-state index contributed by atoms with van der Waals surface area (Å²) in [7, 11) is 0. The van der Waals surface area contributed by atoms with Crippen LogP contribution in [0.3, 0.4) is 0 Å². The van der Waals surface area contributed by atoms with Gasteiger partial charge in [-0.1, -0.05) is 75.5 Å². The van der Waals surface area contributed by atoms with Gasteiger partial charge in [0.15, 0.2) is 0 Å². The van der Waals surface area contributed by atoms with Gasteiger partial charge < -0.3 is 5.11 Å². The monoisotopic (exact) mass is 278 g/mol. The van der Waals surface area contributed by atoms with Crippen molar-refractivity contribution in [1.29, 1.82) is 0 Å². The Bertz CT molecular complexity index is 301. The third-order valence-corrected chi connectivity index (χ3v) is 3.09. The van der Waals surface area contributed by atoms with Crippen molar-refractivity contribution < 1.29 is 9.90 Å². The first-order chi connectivity index (χ1) is 9.77. The standard InChI is InChI=1S/C18H30O2/c1-2-3-4-5-6-7-8-9-10-11-12-13-14-15-16-17-18(19)20/h5-10H,2-4,11-17H2,1H3,(H,19,20)/b6-5?,8-7+,10-9+. The number of carbonyl (C=O) groups is 1. The minimum Gasteiger partial charge on any atom is -0.481 e. The molecule has 0 unspecified atom stereocenters. The molecule has 114 valence electrons. The highest BCUT2D eigenvalue weighted by atomic mass is 16.4. The molecule has 0 radical (unpaired) electrons. The van der Waals surface area contributed by atoms with Crippen LogP contribution in [0.4, 0.5) is 0 Å². The minimum absolute atomic E-state index is 0.316. The van der Waals surface area contributed by atoms with Crippen molar-refractivity contribution in [3.8, 4) is 0 Å². The van der Waals surface area contributed by atoms with Crippen LogP contribution in [0.1, 0.15) is 71.1 Å². The Hall–Kier alpha value is -1.31. The number of hydrogen-bond acceptors (Lipinski definition) is 1. The number of unbranched alkanes of at least 4 members (excludes halogenated alkanes) is 7. The van der Waals surface area contributed by atoms with Gasteiger partial charge in [-0.15, -0.1) is 0 Å². The van der Waals surface area contributed by atoms with Gasteiger partial charge in [0.05, 0.1) is 0 Å². The zero-order valence-electron chi connectivity index (χ0n) is 12.9. The predicted molar refractivity (Wildman–Crippen MR) is 86.9 cm³/mol. The quantitative estimate of drug-likeness (QED) is 0.348. The molecule has 20 heavy (non-hydrogen) atoms. The molecule has 0 amide bonds. The molecular weight excluding hydrogens is 248 g/mol. The topological polar surface area (TPSA) is 37.3 Å². The highest BCUT2D eigenvalue weighted by Crippen LogP contribution is 2.07. The van der Waals surface area contributed by atoms with Crippen molar-refractivity contribution in [2.24, 2.45) is 0 Å². The molecule has 0 saturated heterocycles. The van der Waals surface area contributed by atoms with E-state index in [1.165, 1.54) is 32.1 Å². The van der Waals surface area contributed by atoms with Crippen LogP contribution in [0.25, 0.3) is 0 Å². The van der Waals surface area contributed by atoms with Crippen LogP contribution in [0, 0.1) is 0 Å². The van der Waals surface area contributed by atoms with Gasteiger partial charge in [0.1, 0.15) is 0 Å². The fourth-order valence-electron chi connectivity index (χ4n) is 1.87. The normalized spacial score (nSPS) is 12.1. The first-order valence-corrected chi connectivity index (χ1v) is 7.97. The van der Waals surface area contributed by atoms with E-state index in [1.54, 1.807) is 0 Å². The number of hydrogen-bond donors (Lipinski definition) is 1. The second-order valence-corrected chi connectivity index (χ2v) is 5.08. The lowest BCUT2D eigenvalue weighted by atomic mass is 10.1. The number of carboxylic acid groups (broad SMARTS) is 1. The van der Waals surface area contributed by atoms with Gasteiger partial charge in [-0.2, -0.15) is 0 Å². The van der Waals surface area contributed by atoms with E-state index in [9.17, 15) is 4.79 Å². The van der Waals surface area contributed by atoms with Crippen LogP contribution in [0.5, 0.6) is 0 Å². The second-order valence-electron chi connectivity index (χ2n) is 5.08. The predicted octanol–water partition coefficient (Wildman–Crippen LogP) is 5.66. The molecule has 0 bridgehead atoms. The molecule has 0 spiro atoms. The van der Waals surface area contributed by atoms with E-state index < -0.39 is 5.97 Å². The van der Waals surface area contributed by atoms with Gasteiger partial charge in [-0.3, -0.25) is 4.79 Å². The maximum atomic E-state index is 10.3. The Morgan fingerprint density at radius 3 is 1.95 bits per heavy atom. The second kappa shape index (κ2) is 15.7. The van der Waals surface area contributed by atoms with Crippen LogP contribution in [-0.2, 0) is 4.79 Å². The van der Waals surface area contributed by atoms with Crippen molar-refractivity contribution >= 4 is 5.97 Å². The number of allylic oxidation sites excluding steroid dienone is 6. The maximum Gasteiger partial charge on any atom is 0.303 e. The Morgan fingerprint density at radius 2 is 1.35 bits per heavy atom. The molecule has 0 rings (SSSR count). The molecule has 0 heterocycles. The van der Waals surface area contributed by atoms with Gasteiger partial charge in [0.2, 0.25) is 0 Å². The van der Waals surface area contributed by atoms with E-state index in [0.29, 0.717) is 6.42 Å². The summed E-state index contributed by atoms with van der Waals surface area (Å²) >= 11 is 0. The molecule has 0 aliphatic rings. The van der Waals surface area contributed by atoms with Crippen molar-refractivity contribution in [2.75, 3.05) is 0 Å².